The van der Waals surface area contributed by atoms with E-state index in [4.69, 9.17) is 22.5 Å². The Morgan fingerprint density at radius 3 is 2.68 bits per heavy atom. The summed E-state index contributed by atoms with van der Waals surface area (Å²) in [5, 5.41) is 12.3. The number of oxime groups is 1. The van der Waals surface area contributed by atoms with E-state index in [2.05, 4.69) is 17.0 Å². The molecule has 2 rings (SSSR count). The van der Waals surface area contributed by atoms with Crippen LogP contribution < -0.4 is 10.6 Å². The predicted octanol–water partition coefficient (Wildman–Crippen LogP) is 3.06. The SMILES string of the molecule is CCC1CCN(c2ccc(C(N)=NO)cc2Cl)CC1. The number of benzene rings is 1. The van der Waals surface area contributed by atoms with E-state index >= 15 is 0 Å². The lowest BCUT2D eigenvalue weighted by Gasteiger charge is -2.33. The molecule has 3 N–H and O–H groups in total. The van der Waals surface area contributed by atoms with Gasteiger partial charge in [0.05, 0.1) is 10.7 Å². The first-order valence-electron chi connectivity index (χ1n) is 6.68. The standard InChI is InChI=1S/C14H20ClN3O/c1-2-10-5-7-18(8-6-10)13-4-3-11(9-12(13)15)14(16)17-19/h3-4,9-10,19H,2,5-8H2,1H3,(H2,16,17). The molecule has 0 atom stereocenters. The Hall–Kier alpha value is -1.42. The summed E-state index contributed by atoms with van der Waals surface area (Å²) < 4.78 is 0. The van der Waals surface area contributed by atoms with Crippen LogP contribution in [0.1, 0.15) is 31.7 Å². The van der Waals surface area contributed by atoms with Crippen LogP contribution in [-0.4, -0.2) is 24.1 Å². The van der Waals surface area contributed by atoms with Crippen molar-refractivity contribution in [2.24, 2.45) is 16.8 Å². The highest BCUT2D eigenvalue weighted by atomic mass is 35.5. The highest BCUT2D eigenvalue weighted by molar-refractivity contribution is 6.33. The monoisotopic (exact) mass is 281 g/mol. The van der Waals surface area contributed by atoms with Crippen molar-refractivity contribution in [3.8, 4) is 0 Å². The summed E-state index contributed by atoms with van der Waals surface area (Å²) in [5.41, 5.74) is 7.23. The second kappa shape index (κ2) is 6.15. The molecular weight excluding hydrogens is 262 g/mol. The Bertz CT molecular complexity index is 468. The molecule has 1 fully saturated rings. The molecule has 0 spiro atoms. The molecule has 0 bridgehead atoms. The summed E-state index contributed by atoms with van der Waals surface area (Å²) in [6.45, 7) is 4.33. The van der Waals surface area contributed by atoms with Crippen LogP contribution >= 0.6 is 11.6 Å². The highest BCUT2D eigenvalue weighted by Gasteiger charge is 2.19. The molecule has 0 aromatic heterocycles. The second-order valence-electron chi connectivity index (χ2n) is 4.99. The molecule has 1 aliphatic rings. The van der Waals surface area contributed by atoms with Crippen LogP contribution in [-0.2, 0) is 0 Å². The molecule has 104 valence electrons. The van der Waals surface area contributed by atoms with Crippen LogP contribution in [0, 0.1) is 5.92 Å². The van der Waals surface area contributed by atoms with E-state index in [9.17, 15) is 0 Å². The van der Waals surface area contributed by atoms with Crippen LogP contribution in [0.5, 0.6) is 0 Å². The molecule has 1 aromatic rings. The summed E-state index contributed by atoms with van der Waals surface area (Å²) in [4.78, 5) is 2.31. The van der Waals surface area contributed by atoms with Gasteiger partial charge < -0.3 is 15.8 Å². The minimum Gasteiger partial charge on any atom is -0.409 e. The van der Waals surface area contributed by atoms with Gasteiger partial charge in [0.15, 0.2) is 5.84 Å². The van der Waals surface area contributed by atoms with Crippen molar-refractivity contribution < 1.29 is 5.21 Å². The summed E-state index contributed by atoms with van der Waals surface area (Å²) >= 11 is 6.30. The van der Waals surface area contributed by atoms with Crippen molar-refractivity contribution in [1.82, 2.24) is 0 Å². The third-order valence-corrected chi connectivity index (χ3v) is 4.19. The van der Waals surface area contributed by atoms with Crippen molar-refractivity contribution in [3.63, 3.8) is 0 Å². The van der Waals surface area contributed by atoms with Crippen molar-refractivity contribution in [1.29, 1.82) is 0 Å². The van der Waals surface area contributed by atoms with Gasteiger partial charge in [-0.2, -0.15) is 0 Å². The first-order chi connectivity index (χ1) is 9.15. The Balaban J connectivity index is 2.14. The van der Waals surface area contributed by atoms with E-state index in [1.807, 2.05) is 12.1 Å². The number of amidine groups is 1. The number of piperidine rings is 1. The molecule has 0 saturated carbocycles. The number of hydrogen-bond acceptors (Lipinski definition) is 3. The second-order valence-corrected chi connectivity index (χ2v) is 5.40. The zero-order chi connectivity index (χ0) is 13.8. The van der Waals surface area contributed by atoms with E-state index in [0.29, 0.717) is 10.6 Å². The van der Waals surface area contributed by atoms with Gasteiger partial charge in [0.1, 0.15) is 0 Å². The van der Waals surface area contributed by atoms with Gasteiger partial charge in [-0.05, 0) is 37.0 Å². The number of nitrogens with zero attached hydrogens (tertiary/aromatic N) is 2. The number of halogens is 1. The number of hydrogen-bond donors (Lipinski definition) is 2. The first-order valence-corrected chi connectivity index (χ1v) is 7.06. The lowest BCUT2D eigenvalue weighted by molar-refractivity contribution is 0.318. The lowest BCUT2D eigenvalue weighted by Crippen LogP contribution is -2.33. The zero-order valence-corrected chi connectivity index (χ0v) is 11.9. The van der Waals surface area contributed by atoms with Gasteiger partial charge in [0.2, 0.25) is 0 Å². The summed E-state index contributed by atoms with van der Waals surface area (Å²) in [6, 6.07) is 5.53. The van der Waals surface area contributed by atoms with Crippen LogP contribution in [0.25, 0.3) is 0 Å². The third-order valence-electron chi connectivity index (χ3n) is 3.88. The topological polar surface area (TPSA) is 61.8 Å². The van der Waals surface area contributed by atoms with Crippen molar-refractivity contribution in [2.45, 2.75) is 26.2 Å². The number of anilines is 1. The lowest BCUT2D eigenvalue weighted by atomic mass is 9.94. The maximum atomic E-state index is 8.66. The average molecular weight is 282 g/mol. The molecule has 4 nitrogen and oxygen atoms in total. The van der Waals surface area contributed by atoms with Gasteiger partial charge in [-0.3, -0.25) is 0 Å². The van der Waals surface area contributed by atoms with E-state index < -0.39 is 0 Å². The van der Waals surface area contributed by atoms with Gasteiger partial charge >= 0.3 is 0 Å². The summed E-state index contributed by atoms with van der Waals surface area (Å²) in [6.07, 6.45) is 3.69. The van der Waals surface area contributed by atoms with E-state index in [0.717, 1.165) is 24.7 Å². The fourth-order valence-electron chi connectivity index (χ4n) is 2.56. The predicted molar refractivity (Wildman–Crippen MR) is 79.2 cm³/mol. The minimum atomic E-state index is 0.0816. The van der Waals surface area contributed by atoms with Gasteiger partial charge in [-0.15, -0.1) is 0 Å². The van der Waals surface area contributed by atoms with Crippen LogP contribution in [0.15, 0.2) is 23.4 Å². The van der Waals surface area contributed by atoms with Crippen molar-refractivity contribution >= 4 is 23.1 Å². The number of nitrogens with two attached hydrogens (primary N) is 1. The molecule has 5 heteroatoms. The van der Waals surface area contributed by atoms with Crippen LogP contribution in [0.2, 0.25) is 5.02 Å². The smallest absolute Gasteiger partial charge is 0.170 e. The Morgan fingerprint density at radius 2 is 2.16 bits per heavy atom. The fraction of sp³-hybridized carbons (Fsp3) is 0.500. The molecule has 0 unspecified atom stereocenters. The molecule has 0 radical (unpaired) electrons. The molecule has 0 aliphatic carbocycles. The van der Waals surface area contributed by atoms with Crippen LogP contribution in [0.3, 0.4) is 0 Å². The maximum Gasteiger partial charge on any atom is 0.170 e. The van der Waals surface area contributed by atoms with E-state index in [1.54, 1.807) is 6.07 Å². The zero-order valence-electron chi connectivity index (χ0n) is 11.1. The van der Waals surface area contributed by atoms with Gasteiger partial charge in [0, 0.05) is 18.7 Å². The molecule has 1 aromatic carbocycles. The third kappa shape index (κ3) is 3.13. The normalized spacial score (nSPS) is 17.8. The molecular formula is C14H20ClN3O. The number of rotatable bonds is 3. The summed E-state index contributed by atoms with van der Waals surface area (Å²) in [7, 11) is 0. The van der Waals surface area contributed by atoms with Crippen molar-refractivity contribution in [3.05, 3.63) is 28.8 Å². The largest absolute Gasteiger partial charge is 0.409 e. The van der Waals surface area contributed by atoms with Gasteiger partial charge in [-0.1, -0.05) is 30.1 Å². The minimum absolute atomic E-state index is 0.0816. The van der Waals surface area contributed by atoms with Gasteiger partial charge in [-0.25, -0.2) is 0 Å². The first kappa shape index (κ1) is 14.0. The van der Waals surface area contributed by atoms with E-state index in [-0.39, 0.29) is 5.84 Å². The molecule has 0 amide bonds. The highest BCUT2D eigenvalue weighted by Crippen LogP contribution is 2.31. The average Bonchev–Trinajstić information content (AvgIpc) is 2.46. The molecule has 1 heterocycles. The Kier molecular flexibility index (Phi) is 4.53. The fourth-order valence-corrected chi connectivity index (χ4v) is 2.86. The Morgan fingerprint density at radius 1 is 1.47 bits per heavy atom. The molecule has 1 saturated heterocycles. The van der Waals surface area contributed by atoms with Gasteiger partial charge in [0.25, 0.3) is 0 Å². The molecule has 19 heavy (non-hydrogen) atoms. The Labute approximate surface area is 118 Å². The quantitative estimate of drug-likeness (QED) is 0.387. The summed E-state index contributed by atoms with van der Waals surface area (Å²) in [5.74, 6) is 0.921. The molecule has 1 aliphatic heterocycles. The van der Waals surface area contributed by atoms with Crippen molar-refractivity contribution in [2.75, 3.05) is 18.0 Å². The van der Waals surface area contributed by atoms with E-state index in [1.165, 1.54) is 19.3 Å². The van der Waals surface area contributed by atoms with Crippen LogP contribution in [0.4, 0.5) is 5.69 Å². The maximum absolute atomic E-state index is 8.66.